The van der Waals surface area contributed by atoms with Gasteiger partial charge in [0.25, 0.3) is 0 Å². The Morgan fingerprint density at radius 3 is 2.50 bits per heavy atom. The van der Waals surface area contributed by atoms with E-state index in [0.29, 0.717) is 22.1 Å². The summed E-state index contributed by atoms with van der Waals surface area (Å²) in [7, 11) is 0. The second-order valence-electron chi connectivity index (χ2n) is 5.43. The average molecular weight is 385 g/mol. The monoisotopic (exact) mass is 385 g/mol. The van der Waals surface area contributed by atoms with Crippen LogP contribution < -0.4 is 0 Å². The molecule has 0 radical (unpaired) electrons. The van der Waals surface area contributed by atoms with Crippen molar-refractivity contribution in [1.29, 1.82) is 0 Å². The van der Waals surface area contributed by atoms with Gasteiger partial charge >= 0.3 is 18.3 Å². The predicted molar refractivity (Wildman–Crippen MR) is 86.3 cm³/mol. The molecule has 2 heterocycles. The molecule has 10 heteroatoms. The van der Waals surface area contributed by atoms with Crippen LogP contribution >= 0.6 is 11.3 Å². The molecule has 0 saturated carbocycles. The van der Waals surface area contributed by atoms with Gasteiger partial charge in [-0.15, -0.1) is 11.3 Å². The third-order valence-corrected chi connectivity index (χ3v) is 4.43. The highest BCUT2D eigenvalue weighted by Crippen LogP contribution is 2.38. The largest absolute Gasteiger partial charge is 0.478 e. The van der Waals surface area contributed by atoms with Crippen molar-refractivity contribution in [2.75, 3.05) is 0 Å². The Kier molecular flexibility index (Phi) is 4.53. The third kappa shape index (κ3) is 3.07. The van der Waals surface area contributed by atoms with E-state index < -0.39 is 29.6 Å². The number of hydrogen-bond acceptors (Lipinski definition) is 4. The van der Waals surface area contributed by atoms with Crippen molar-refractivity contribution >= 4 is 17.3 Å². The summed E-state index contributed by atoms with van der Waals surface area (Å²) in [6.07, 6.45) is -3.48. The molecule has 0 amide bonds. The molecule has 0 atom stereocenters. The molecule has 5 nitrogen and oxygen atoms in total. The Morgan fingerprint density at radius 1 is 1.27 bits per heavy atom. The SMILES string of the molecule is Cc1ccc(-c2csc(-n3ncc(C(=O)O)c3C(F)(F)C(F)F)n2)cc1. The van der Waals surface area contributed by atoms with E-state index in [4.69, 9.17) is 5.11 Å². The second kappa shape index (κ2) is 6.52. The molecule has 136 valence electrons. The van der Waals surface area contributed by atoms with E-state index in [9.17, 15) is 22.4 Å². The van der Waals surface area contributed by atoms with Crippen LogP contribution in [0.4, 0.5) is 17.6 Å². The summed E-state index contributed by atoms with van der Waals surface area (Å²) < 4.78 is 54.0. The van der Waals surface area contributed by atoms with Crippen LogP contribution in [0.3, 0.4) is 0 Å². The van der Waals surface area contributed by atoms with Gasteiger partial charge in [-0.05, 0) is 6.92 Å². The zero-order chi connectivity index (χ0) is 19.1. The predicted octanol–water partition coefficient (Wildman–Crippen LogP) is 4.36. The lowest BCUT2D eigenvalue weighted by Crippen LogP contribution is -2.29. The van der Waals surface area contributed by atoms with Crippen LogP contribution in [-0.2, 0) is 5.92 Å². The van der Waals surface area contributed by atoms with Crippen LogP contribution in [0.15, 0.2) is 35.8 Å². The summed E-state index contributed by atoms with van der Waals surface area (Å²) in [5.41, 5.74) is -0.247. The van der Waals surface area contributed by atoms with Gasteiger partial charge in [0.2, 0.25) is 5.13 Å². The van der Waals surface area contributed by atoms with Crippen molar-refractivity contribution in [2.45, 2.75) is 19.3 Å². The van der Waals surface area contributed by atoms with Crippen molar-refractivity contribution in [3.05, 3.63) is 52.7 Å². The Morgan fingerprint density at radius 2 is 1.92 bits per heavy atom. The quantitative estimate of drug-likeness (QED) is 0.663. The van der Waals surface area contributed by atoms with E-state index in [1.165, 1.54) is 0 Å². The number of hydrogen-bond donors (Lipinski definition) is 1. The van der Waals surface area contributed by atoms with Gasteiger partial charge in [-0.25, -0.2) is 23.2 Å². The molecule has 3 rings (SSSR count). The Labute approximate surface area is 148 Å². The minimum atomic E-state index is -4.69. The molecule has 0 saturated heterocycles. The summed E-state index contributed by atoms with van der Waals surface area (Å²) in [6, 6.07) is 7.21. The van der Waals surface area contributed by atoms with Crippen molar-refractivity contribution < 1.29 is 27.5 Å². The van der Waals surface area contributed by atoms with Crippen LogP contribution in [0, 0.1) is 6.92 Å². The molecule has 1 aromatic carbocycles. The fraction of sp³-hybridized carbons (Fsp3) is 0.188. The van der Waals surface area contributed by atoms with Crippen molar-refractivity contribution in [3.8, 4) is 16.4 Å². The van der Waals surface area contributed by atoms with E-state index >= 15 is 0 Å². The van der Waals surface area contributed by atoms with E-state index in [-0.39, 0.29) is 5.13 Å². The molecule has 0 aliphatic rings. The molecule has 2 aromatic heterocycles. The van der Waals surface area contributed by atoms with Gasteiger partial charge in [0, 0.05) is 10.9 Å². The number of aryl methyl sites for hydroxylation is 1. The first-order chi connectivity index (χ1) is 12.2. The van der Waals surface area contributed by atoms with Gasteiger partial charge in [-0.2, -0.15) is 13.9 Å². The van der Waals surface area contributed by atoms with E-state index in [1.807, 2.05) is 19.1 Å². The third-order valence-electron chi connectivity index (χ3n) is 3.61. The number of aromatic carboxylic acids is 1. The Balaban J connectivity index is 2.11. The molecule has 1 N–H and O–H groups in total. The van der Waals surface area contributed by atoms with Gasteiger partial charge in [-0.3, -0.25) is 0 Å². The summed E-state index contributed by atoms with van der Waals surface area (Å²) in [4.78, 5) is 15.3. The number of nitrogens with zero attached hydrogens (tertiary/aromatic N) is 3. The summed E-state index contributed by atoms with van der Waals surface area (Å²) in [6.45, 7) is 1.89. The molecule has 26 heavy (non-hydrogen) atoms. The normalized spacial score (nSPS) is 11.9. The highest BCUT2D eigenvalue weighted by molar-refractivity contribution is 7.12. The maximum Gasteiger partial charge on any atom is 0.350 e. The lowest BCUT2D eigenvalue weighted by Gasteiger charge is -2.16. The number of carboxylic acids is 1. The molecular weight excluding hydrogens is 374 g/mol. The highest BCUT2D eigenvalue weighted by Gasteiger charge is 2.49. The van der Waals surface area contributed by atoms with Gasteiger partial charge < -0.3 is 5.11 Å². The zero-order valence-corrected chi connectivity index (χ0v) is 14.0. The van der Waals surface area contributed by atoms with Gasteiger partial charge in [-0.1, -0.05) is 29.8 Å². The fourth-order valence-corrected chi connectivity index (χ4v) is 3.09. The summed E-state index contributed by atoms with van der Waals surface area (Å²) >= 11 is 0.887. The molecule has 0 fully saturated rings. The number of rotatable bonds is 5. The average Bonchev–Trinajstić information content (AvgIpc) is 3.22. The minimum Gasteiger partial charge on any atom is -0.478 e. The van der Waals surface area contributed by atoms with Crippen LogP contribution in [0.2, 0.25) is 0 Å². The lowest BCUT2D eigenvalue weighted by atomic mass is 10.1. The zero-order valence-electron chi connectivity index (χ0n) is 13.2. The van der Waals surface area contributed by atoms with Gasteiger partial charge in [0.05, 0.1) is 11.9 Å². The first-order valence-electron chi connectivity index (χ1n) is 7.22. The van der Waals surface area contributed by atoms with E-state index in [0.717, 1.165) is 16.9 Å². The van der Waals surface area contributed by atoms with E-state index in [1.54, 1.807) is 17.5 Å². The van der Waals surface area contributed by atoms with Gasteiger partial charge in [0.1, 0.15) is 11.3 Å². The molecule has 0 spiro atoms. The Hall–Kier alpha value is -2.75. The molecular formula is C16H11F4N3O2S. The minimum absolute atomic E-state index is 0.136. The lowest BCUT2D eigenvalue weighted by molar-refractivity contribution is -0.139. The van der Waals surface area contributed by atoms with Gasteiger partial charge in [0.15, 0.2) is 0 Å². The fourth-order valence-electron chi connectivity index (χ4n) is 2.29. The maximum absolute atomic E-state index is 14.0. The smallest absolute Gasteiger partial charge is 0.350 e. The van der Waals surface area contributed by atoms with Crippen molar-refractivity contribution in [1.82, 2.24) is 14.8 Å². The number of aromatic nitrogens is 3. The summed E-state index contributed by atoms with van der Waals surface area (Å²) in [5, 5.41) is 14.0. The van der Waals surface area contributed by atoms with Crippen LogP contribution in [0.1, 0.15) is 21.6 Å². The topological polar surface area (TPSA) is 68.0 Å². The number of halogens is 4. The van der Waals surface area contributed by atoms with Crippen LogP contribution in [0.5, 0.6) is 0 Å². The number of carboxylic acid groups (broad SMARTS) is 1. The van der Waals surface area contributed by atoms with Crippen molar-refractivity contribution in [3.63, 3.8) is 0 Å². The standard InChI is InChI=1S/C16H11F4N3O2S/c1-8-2-4-9(5-3-8)11-7-26-15(22-11)23-12(16(19,20)14(17)18)10(6-21-23)13(24)25/h2-7,14H,1H3,(H,24,25). The van der Waals surface area contributed by atoms with Crippen LogP contribution in [0.25, 0.3) is 16.4 Å². The molecule has 0 aliphatic heterocycles. The molecule has 0 bridgehead atoms. The number of alkyl halides is 4. The van der Waals surface area contributed by atoms with Crippen LogP contribution in [-0.4, -0.2) is 32.3 Å². The Bertz CT molecular complexity index is 951. The number of benzene rings is 1. The summed E-state index contributed by atoms with van der Waals surface area (Å²) in [5.74, 6) is -6.47. The molecule has 0 unspecified atom stereocenters. The molecule has 3 aromatic rings. The highest BCUT2D eigenvalue weighted by atomic mass is 32.1. The van der Waals surface area contributed by atoms with E-state index in [2.05, 4.69) is 10.1 Å². The first-order valence-corrected chi connectivity index (χ1v) is 8.10. The molecule has 0 aliphatic carbocycles. The first kappa shape index (κ1) is 18.1. The number of thiazole rings is 1. The van der Waals surface area contributed by atoms with Crippen molar-refractivity contribution in [2.24, 2.45) is 0 Å². The maximum atomic E-state index is 14.0. The second-order valence-corrected chi connectivity index (χ2v) is 6.27. The number of carbonyl (C=O) groups is 1.